The lowest BCUT2D eigenvalue weighted by molar-refractivity contribution is -0.137. The number of hydrogen-bond donors (Lipinski definition) is 1. The van der Waals surface area contributed by atoms with Gasteiger partial charge >= 0.3 is 16.4 Å². The number of benzene rings is 1. The van der Waals surface area contributed by atoms with E-state index in [4.69, 9.17) is 0 Å². The third kappa shape index (κ3) is 3.18. The average Bonchev–Trinajstić information content (AvgIpc) is 2.24. The standard InChI is InChI=1S/C11H13F3N2O2S.ClH/c1-7(2)16-6-8-5-9(11(12,13)14)3-4-10(8)15-19(16,17)18;/h3-5,7,15H,6H2,1-2H3;1H/p-1. The van der Waals surface area contributed by atoms with Crippen molar-refractivity contribution < 1.29 is 34.0 Å². The van der Waals surface area contributed by atoms with E-state index in [9.17, 15) is 21.6 Å². The van der Waals surface area contributed by atoms with Crippen LogP contribution in [0, 0.1) is 0 Å². The molecule has 0 aromatic heterocycles. The summed E-state index contributed by atoms with van der Waals surface area (Å²) >= 11 is 0. The van der Waals surface area contributed by atoms with E-state index < -0.39 is 21.9 Å². The fraction of sp³-hybridized carbons (Fsp3) is 0.455. The first-order valence-electron chi connectivity index (χ1n) is 5.61. The minimum atomic E-state index is -4.44. The van der Waals surface area contributed by atoms with Crippen molar-refractivity contribution in [3.63, 3.8) is 0 Å². The smallest absolute Gasteiger partial charge is 0.416 e. The van der Waals surface area contributed by atoms with Crippen molar-refractivity contribution in [1.29, 1.82) is 0 Å². The zero-order chi connectivity index (χ0) is 14.4. The molecule has 1 aliphatic rings. The van der Waals surface area contributed by atoms with Crippen LogP contribution in [0.1, 0.15) is 25.0 Å². The van der Waals surface area contributed by atoms with Gasteiger partial charge in [0.1, 0.15) is 0 Å². The van der Waals surface area contributed by atoms with E-state index in [0.29, 0.717) is 5.56 Å². The molecule has 0 bridgehead atoms. The van der Waals surface area contributed by atoms with Crippen molar-refractivity contribution in [2.24, 2.45) is 0 Å². The molecule has 1 N–H and O–H groups in total. The molecule has 9 heteroatoms. The van der Waals surface area contributed by atoms with Crippen molar-refractivity contribution in [2.75, 3.05) is 4.72 Å². The summed E-state index contributed by atoms with van der Waals surface area (Å²) in [5.41, 5.74) is -0.265. The Morgan fingerprint density at radius 2 is 1.90 bits per heavy atom. The van der Waals surface area contributed by atoms with E-state index >= 15 is 0 Å². The molecule has 0 unspecified atom stereocenters. The van der Waals surface area contributed by atoms with Gasteiger partial charge in [-0.3, -0.25) is 4.72 Å². The van der Waals surface area contributed by atoms with Gasteiger partial charge in [0, 0.05) is 12.6 Å². The highest BCUT2D eigenvalue weighted by atomic mass is 35.5. The molecule has 0 atom stereocenters. The Balaban J connectivity index is 0.00000200. The van der Waals surface area contributed by atoms with Crippen LogP contribution in [0.3, 0.4) is 0 Å². The van der Waals surface area contributed by atoms with Crippen LogP contribution in [-0.4, -0.2) is 18.8 Å². The van der Waals surface area contributed by atoms with Gasteiger partial charge in [-0.25, -0.2) is 0 Å². The van der Waals surface area contributed by atoms with Gasteiger partial charge in [-0.2, -0.15) is 25.9 Å². The van der Waals surface area contributed by atoms with Gasteiger partial charge in [0.15, 0.2) is 0 Å². The lowest BCUT2D eigenvalue weighted by Crippen LogP contribution is -3.00. The normalized spacial score (nSPS) is 18.1. The van der Waals surface area contributed by atoms with Gasteiger partial charge in [0.05, 0.1) is 11.3 Å². The van der Waals surface area contributed by atoms with E-state index in [-0.39, 0.29) is 30.7 Å². The monoisotopic (exact) mass is 329 g/mol. The number of fused-ring (bicyclic) bond motifs is 1. The van der Waals surface area contributed by atoms with Gasteiger partial charge in [-0.1, -0.05) is 0 Å². The first kappa shape index (κ1) is 17.1. The minimum Gasteiger partial charge on any atom is -1.00 e. The number of halogens is 4. The Morgan fingerprint density at radius 3 is 2.40 bits per heavy atom. The molecule has 0 saturated heterocycles. The quantitative estimate of drug-likeness (QED) is 0.761. The van der Waals surface area contributed by atoms with Crippen molar-refractivity contribution in [3.8, 4) is 0 Å². The molecule has 0 aliphatic carbocycles. The average molecular weight is 330 g/mol. The summed E-state index contributed by atoms with van der Waals surface area (Å²) in [5, 5.41) is 0. The maximum atomic E-state index is 12.6. The maximum absolute atomic E-state index is 12.6. The van der Waals surface area contributed by atoms with Crippen molar-refractivity contribution in [1.82, 2.24) is 4.31 Å². The molecule has 0 amide bonds. The maximum Gasteiger partial charge on any atom is 0.416 e. The zero-order valence-electron chi connectivity index (χ0n) is 10.7. The minimum absolute atomic E-state index is 0. The van der Waals surface area contributed by atoms with Crippen LogP contribution in [0.5, 0.6) is 0 Å². The number of rotatable bonds is 1. The fourth-order valence-electron chi connectivity index (χ4n) is 1.91. The third-order valence-electron chi connectivity index (χ3n) is 2.88. The van der Waals surface area contributed by atoms with Crippen molar-refractivity contribution in [3.05, 3.63) is 29.3 Å². The molecule has 20 heavy (non-hydrogen) atoms. The molecule has 1 aromatic carbocycles. The van der Waals surface area contributed by atoms with Gasteiger partial charge in [0.2, 0.25) is 0 Å². The molecule has 2 rings (SSSR count). The van der Waals surface area contributed by atoms with Gasteiger partial charge < -0.3 is 12.4 Å². The molecule has 1 aliphatic heterocycles. The zero-order valence-corrected chi connectivity index (χ0v) is 12.3. The Hall–Kier alpha value is -0.990. The predicted octanol–water partition coefficient (Wildman–Crippen LogP) is -0.410. The summed E-state index contributed by atoms with van der Waals surface area (Å²) < 4.78 is 65.0. The number of nitrogens with zero attached hydrogens (tertiary/aromatic N) is 1. The predicted molar refractivity (Wildman–Crippen MR) is 64.7 cm³/mol. The second-order valence-electron chi connectivity index (χ2n) is 4.62. The molecule has 1 aromatic rings. The van der Waals surface area contributed by atoms with E-state index in [1.807, 2.05) is 0 Å². The van der Waals surface area contributed by atoms with Crippen LogP contribution >= 0.6 is 0 Å². The third-order valence-corrected chi connectivity index (χ3v) is 4.53. The second-order valence-corrected chi connectivity index (χ2v) is 6.24. The highest BCUT2D eigenvalue weighted by molar-refractivity contribution is 7.90. The Kier molecular flexibility index (Phi) is 4.62. The van der Waals surface area contributed by atoms with E-state index in [0.717, 1.165) is 22.5 Å². The van der Waals surface area contributed by atoms with Gasteiger partial charge in [-0.05, 0) is 37.6 Å². The van der Waals surface area contributed by atoms with Crippen LogP contribution < -0.4 is 17.1 Å². The topological polar surface area (TPSA) is 49.4 Å². The Bertz CT molecular complexity index is 602. The molecular formula is C11H13ClF3N2O2S-. The lowest BCUT2D eigenvalue weighted by atomic mass is 10.1. The Morgan fingerprint density at radius 1 is 1.30 bits per heavy atom. The summed E-state index contributed by atoms with van der Waals surface area (Å²) in [5.74, 6) is 0. The molecule has 0 saturated carbocycles. The van der Waals surface area contributed by atoms with E-state index in [2.05, 4.69) is 4.72 Å². The summed E-state index contributed by atoms with van der Waals surface area (Å²) in [4.78, 5) is 0. The number of anilines is 1. The van der Waals surface area contributed by atoms with Crippen LogP contribution in [-0.2, 0) is 22.9 Å². The van der Waals surface area contributed by atoms with E-state index in [1.165, 1.54) is 0 Å². The molecule has 0 radical (unpaired) electrons. The fourth-order valence-corrected chi connectivity index (χ4v) is 3.37. The SMILES string of the molecule is CC(C)N1Cc2cc(C(F)(F)F)ccc2NS1(=O)=O.[Cl-]. The van der Waals surface area contributed by atoms with E-state index in [1.54, 1.807) is 13.8 Å². The molecule has 0 spiro atoms. The van der Waals surface area contributed by atoms with Crippen molar-refractivity contribution >= 4 is 15.9 Å². The van der Waals surface area contributed by atoms with Crippen molar-refractivity contribution in [2.45, 2.75) is 32.6 Å². The van der Waals surface area contributed by atoms with Crippen LogP contribution in [0.25, 0.3) is 0 Å². The van der Waals surface area contributed by atoms with Gasteiger partial charge in [0.25, 0.3) is 0 Å². The molecule has 1 heterocycles. The Labute approximate surface area is 121 Å². The molecule has 4 nitrogen and oxygen atoms in total. The van der Waals surface area contributed by atoms with Crippen LogP contribution in [0.4, 0.5) is 18.9 Å². The number of nitrogens with one attached hydrogen (secondary N) is 1. The number of hydrogen-bond acceptors (Lipinski definition) is 2. The molecule has 114 valence electrons. The lowest BCUT2D eigenvalue weighted by Gasteiger charge is -2.32. The summed E-state index contributed by atoms with van der Waals surface area (Å²) in [6.45, 7) is 3.27. The first-order valence-corrected chi connectivity index (χ1v) is 7.05. The first-order chi connectivity index (χ1) is 8.61. The molecular weight excluding hydrogens is 317 g/mol. The summed E-state index contributed by atoms with van der Waals surface area (Å²) in [6, 6.07) is 2.66. The summed E-state index contributed by atoms with van der Waals surface area (Å²) in [7, 11) is -3.68. The second kappa shape index (κ2) is 5.42. The van der Waals surface area contributed by atoms with Gasteiger partial charge in [-0.15, -0.1) is 0 Å². The summed E-state index contributed by atoms with van der Waals surface area (Å²) in [6.07, 6.45) is -4.44. The largest absolute Gasteiger partial charge is 1.00 e. The highest BCUT2D eigenvalue weighted by Gasteiger charge is 2.35. The van der Waals surface area contributed by atoms with Crippen LogP contribution in [0.2, 0.25) is 0 Å². The number of alkyl halides is 3. The molecule has 0 fully saturated rings. The highest BCUT2D eigenvalue weighted by Crippen LogP contribution is 2.35. The van der Waals surface area contributed by atoms with Crippen LogP contribution in [0.15, 0.2) is 18.2 Å².